The van der Waals surface area contributed by atoms with E-state index in [4.69, 9.17) is 0 Å². The molecule has 0 aliphatic carbocycles. The molecule has 9 heteroatoms. The van der Waals surface area contributed by atoms with Gasteiger partial charge in [0.1, 0.15) is 12.1 Å². The van der Waals surface area contributed by atoms with Crippen LogP contribution in [0.5, 0.6) is 0 Å². The third kappa shape index (κ3) is 3.29. The van der Waals surface area contributed by atoms with Crippen LogP contribution in [0.3, 0.4) is 0 Å². The van der Waals surface area contributed by atoms with E-state index in [0.717, 1.165) is 17.7 Å². The van der Waals surface area contributed by atoms with Crippen LogP contribution < -0.4 is 5.32 Å². The molecule has 2 aromatic carbocycles. The van der Waals surface area contributed by atoms with E-state index in [9.17, 15) is 18.0 Å². The number of aromatic nitrogens is 4. The van der Waals surface area contributed by atoms with Gasteiger partial charge in [-0.25, -0.2) is 4.98 Å². The lowest BCUT2D eigenvalue weighted by molar-refractivity contribution is -0.137. The van der Waals surface area contributed by atoms with E-state index >= 15 is 0 Å². The molecule has 6 nitrogen and oxygen atoms in total. The van der Waals surface area contributed by atoms with Gasteiger partial charge in [-0.2, -0.15) is 27.8 Å². The van der Waals surface area contributed by atoms with Crippen molar-refractivity contribution in [1.82, 2.24) is 19.6 Å². The fourth-order valence-corrected chi connectivity index (χ4v) is 2.77. The second-order valence-corrected chi connectivity index (χ2v) is 5.86. The highest BCUT2D eigenvalue weighted by Gasteiger charge is 2.35. The van der Waals surface area contributed by atoms with E-state index in [1.165, 1.54) is 29.0 Å². The number of nitrogens with one attached hydrogen (secondary N) is 1. The van der Waals surface area contributed by atoms with Gasteiger partial charge >= 0.3 is 6.18 Å². The van der Waals surface area contributed by atoms with Gasteiger partial charge in [-0.05, 0) is 12.1 Å². The van der Waals surface area contributed by atoms with Crippen molar-refractivity contribution in [2.75, 3.05) is 5.32 Å². The molecule has 4 aromatic rings. The van der Waals surface area contributed by atoms with Crippen molar-refractivity contribution in [3.05, 3.63) is 78.1 Å². The number of halogens is 3. The van der Waals surface area contributed by atoms with Crippen LogP contribution in [0.1, 0.15) is 15.9 Å². The molecule has 0 atom stereocenters. The normalized spacial score (nSPS) is 11.5. The Hall–Kier alpha value is -3.75. The number of nitrogens with zero attached hydrogens (tertiary/aromatic N) is 4. The van der Waals surface area contributed by atoms with Crippen LogP contribution in [0.4, 0.5) is 19.0 Å². The van der Waals surface area contributed by atoms with Gasteiger partial charge in [-0.15, -0.1) is 0 Å². The lowest BCUT2D eigenvalue weighted by Gasteiger charge is -2.13. The Morgan fingerprint density at radius 3 is 2.46 bits per heavy atom. The number of anilines is 1. The van der Waals surface area contributed by atoms with E-state index in [2.05, 4.69) is 20.4 Å². The third-order valence-corrected chi connectivity index (χ3v) is 4.04. The molecular formula is C19H12F3N5O. The number of fused-ring (bicyclic) bond motifs is 1. The molecule has 140 valence electrons. The molecule has 0 spiro atoms. The Labute approximate surface area is 156 Å². The van der Waals surface area contributed by atoms with Crippen molar-refractivity contribution in [3.8, 4) is 11.3 Å². The van der Waals surface area contributed by atoms with Crippen LogP contribution in [0, 0.1) is 0 Å². The highest BCUT2D eigenvalue weighted by molar-refractivity contribution is 6.05. The average Bonchev–Trinajstić information content (AvgIpc) is 3.17. The second-order valence-electron chi connectivity index (χ2n) is 5.86. The van der Waals surface area contributed by atoms with Crippen molar-refractivity contribution in [2.24, 2.45) is 0 Å². The zero-order valence-corrected chi connectivity index (χ0v) is 14.2. The fourth-order valence-electron chi connectivity index (χ4n) is 2.77. The molecule has 0 saturated carbocycles. The minimum absolute atomic E-state index is 0.156. The van der Waals surface area contributed by atoms with Gasteiger partial charge in [0.25, 0.3) is 11.7 Å². The van der Waals surface area contributed by atoms with Crippen LogP contribution in [0.25, 0.3) is 17.0 Å². The van der Waals surface area contributed by atoms with Crippen molar-refractivity contribution in [2.45, 2.75) is 6.18 Å². The number of rotatable bonds is 3. The molecule has 0 radical (unpaired) electrons. The predicted molar refractivity (Wildman–Crippen MR) is 95.6 cm³/mol. The van der Waals surface area contributed by atoms with Gasteiger partial charge in [0.15, 0.2) is 0 Å². The van der Waals surface area contributed by atoms with Gasteiger partial charge in [0, 0.05) is 11.6 Å². The Morgan fingerprint density at radius 1 is 1.00 bits per heavy atom. The zero-order valence-electron chi connectivity index (χ0n) is 14.2. The van der Waals surface area contributed by atoms with E-state index in [-0.39, 0.29) is 11.6 Å². The molecule has 28 heavy (non-hydrogen) atoms. The molecule has 0 bridgehead atoms. The standard InChI is InChI=1S/C19H12F3N5O/c20-19(21,22)14-9-5-4-8-13(14)17(28)26-16-10-15(12-6-2-1-3-7-12)25-18-23-11-24-27(16)18/h1-11H,(H,26,28). The predicted octanol–water partition coefficient (Wildman–Crippen LogP) is 4.06. The number of carbonyl (C=O) groups is 1. The van der Waals surface area contributed by atoms with E-state index in [0.29, 0.717) is 5.69 Å². The van der Waals surface area contributed by atoms with Crippen molar-refractivity contribution < 1.29 is 18.0 Å². The van der Waals surface area contributed by atoms with Gasteiger partial charge in [0.2, 0.25) is 0 Å². The van der Waals surface area contributed by atoms with Crippen LogP contribution in [0.2, 0.25) is 0 Å². The fraction of sp³-hybridized carbons (Fsp3) is 0.0526. The van der Waals surface area contributed by atoms with Crippen LogP contribution in [0.15, 0.2) is 67.0 Å². The molecular weight excluding hydrogens is 371 g/mol. The molecule has 4 rings (SSSR count). The van der Waals surface area contributed by atoms with Gasteiger partial charge in [-0.1, -0.05) is 42.5 Å². The number of alkyl halides is 3. The molecule has 0 saturated heterocycles. The molecule has 1 N–H and O–H groups in total. The van der Waals surface area contributed by atoms with Crippen molar-refractivity contribution in [1.29, 1.82) is 0 Å². The van der Waals surface area contributed by atoms with E-state index in [1.54, 1.807) is 0 Å². The minimum Gasteiger partial charge on any atom is -0.306 e. The smallest absolute Gasteiger partial charge is 0.306 e. The quantitative estimate of drug-likeness (QED) is 0.579. The van der Waals surface area contributed by atoms with Gasteiger partial charge < -0.3 is 5.32 Å². The summed E-state index contributed by atoms with van der Waals surface area (Å²) in [5.74, 6) is -0.543. The number of hydrogen-bond acceptors (Lipinski definition) is 4. The summed E-state index contributed by atoms with van der Waals surface area (Å²) >= 11 is 0. The maximum atomic E-state index is 13.2. The molecule has 0 aliphatic rings. The molecule has 2 aromatic heterocycles. The first-order valence-corrected chi connectivity index (χ1v) is 8.17. The second kappa shape index (κ2) is 6.76. The molecule has 0 unspecified atom stereocenters. The summed E-state index contributed by atoms with van der Waals surface area (Å²) in [6, 6.07) is 15.2. The first-order chi connectivity index (χ1) is 13.4. The Bertz CT molecular complexity index is 1160. The summed E-state index contributed by atoms with van der Waals surface area (Å²) in [6.45, 7) is 0. The number of amides is 1. The summed E-state index contributed by atoms with van der Waals surface area (Å²) in [5, 5.41) is 6.47. The zero-order chi connectivity index (χ0) is 19.7. The van der Waals surface area contributed by atoms with Gasteiger partial charge in [0.05, 0.1) is 16.8 Å². The monoisotopic (exact) mass is 383 g/mol. The SMILES string of the molecule is O=C(Nc1cc(-c2ccccc2)nc2ncnn12)c1ccccc1C(F)(F)F. The van der Waals surface area contributed by atoms with Crippen LogP contribution in [-0.4, -0.2) is 25.5 Å². The lowest BCUT2D eigenvalue weighted by Crippen LogP contribution is -2.20. The van der Waals surface area contributed by atoms with E-state index < -0.39 is 23.2 Å². The summed E-state index contributed by atoms with van der Waals surface area (Å²) in [5.41, 5.74) is -0.235. The molecule has 1 amide bonds. The summed E-state index contributed by atoms with van der Waals surface area (Å²) in [4.78, 5) is 21.0. The van der Waals surface area contributed by atoms with Crippen molar-refractivity contribution in [3.63, 3.8) is 0 Å². The Balaban J connectivity index is 1.77. The van der Waals surface area contributed by atoms with Gasteiger partial charge in [-0.3, -0.25) is 4.79 Å². The average molecular weight is 383 g/mol. The minimum atomic E-state index is -4.65. The largest absolute Gasteiger partial charge is 0.417 e. The van der Waals surface area contributed by atoms with E-state index in [1.807, 2.05) is 30.3 Å². The third-order valence-electron chi connectivity index (χ3n) is 4.04. The maximum Gasteiger partial charge on any atom is 0.417 e. The first kappa shape index (κ1) is 17.7. The molecule has 0 fully saturated rings. The topological polar surface area (TPSA) is 72.2 Å². The number of benzene rings is 2. The summed E-state index contributed by atoms with van der Waals surface area (Å²) < 4.78 is 40.9. The van der Waals surface area contributed by atoms with Crippen LogP contribution >= 0.6 is 0 Å². The summed E-state index contributed by atoms with van der Waals surface area (Å²) in [6.07, 6.45) is -3.40. The van der Waals surface area contributed by atoms with Crippen LogP contribution in [-0.2, 0) is 6.18 Å². The highest BCUT2D eigenvalue weighted by atomic mass is 19.4. The first-order valence-electron chi connectivity index (χ1n) is 8.17. The number of carbonyl (C=O) groups excluding carboxylic acids is 1. The number of hydrogen-bond donors (Lipinski definition) is 1. The Kier molecular flexibility index (Phi) is 4.26. The molecule has 2 heterocycles. The Morgan fingerprint density at radius 2 is 1.71 bits per heavy atom. The maximum absolute atomic E-state index is 13.2. The highest BCUT2D eigenvalue weighted by Crippen LogP contribution is 2.32. The summed E-state index contributed by atoms with van der Waals surface area (Å²) in [7, 11) is 0. The lowest BCUT2D eigenvalue weighted by atomic mass is 10.1. The van der Waals surface area contributed by atoms with Crippen molar-refractivity contribution >= 4 is 17.5 Å². The molecule has 0 aliphatic heterocycles.